The average molecular weight is 350 g/mol. The second-order valence-corrected chi connectivity index (χ2v) is 6.79. The van der Waals surface area contributed by atoms with Crippen molar-refractivity contribution in [1.82, 2.24) is 19.7 Å². The van der Waals surface area contributed by atoms with Crippen LogP contribution in [0, 0.1) is 0 Å². The molecule has 0 spiro atoms. The van der Waals surface area contributed by atoms with Gasteiger partial charge in [0.1, 0.15) is 17.9 Å². The zero-order valence-corrected chi connectivity index (χ0v) is 15.1. The summed E-state index contributed by atoms with van der Waals surface area (Å²) < 4.78 is 7.45. The number of hydrogen-bond donors (Lipinski definition) is 0. The van der Waals surface area contributed by atoms with Gasteiger partial charge in [0, 0.05) is 26.1 Å². The first-order chi connectivity index (χ1) is 12.7. The number of ether oxygens (including phenoxy) is 1. The molecule has 0 aliphatic carbocycles. The maximum absolute atomic E-state index is 13.2. The second kappa shape index (κ2) is 6.78. The average Bonchev–Trinajstić information content (AvgIpc) is 3.12. The molecule has 2 heterocycles. The van der Waals surface area contributed by atoms with Gasteiger partial charge in [-0.2, -0.15) is 0 Å². The van der Waals surface area contributed by atoms with E-state index in [-0.39, 0.29) is 11.8 Å². The number of fused-ring (bicyclic) bond motifs is 1. The first kappa shape index (κ1) is 16.6. The van der Waals surface area contributed by atoms with Crippen molar-refractivity contribution in [2.45, 2.75) is 18.8 Å². The SMILES string of the molecule is COc1cc2ccccc2cc1C(=O)N1CCCC(c2nncn2C)C1. The first-order valence-corrected chi connectivity index (χ1v) is 8.87. The van der Waals surface area contributed by atoms with Crippen LogP contribution in [0.1, 0.15) is 34.9 Å². The minimum atomic E-state index is 0.0134. The number of hydrogen-bond acceptors (Lipinski definition) is 4. The van der Waals surface area contributed by atoms with Crippen molar-refractivity contribution in [3.8, 4) is 5.75 Å². The number of carbonyl (C=O) groups is 1. The Balaban J connectivity index is 1.64. The summed E-state index contributed by atoms with van der Waals surface area (Å²) in [4.78, 5) is 15.1. The van der Waals surface area contributed by atoms with E-state index in [9.17, 15) is 4.79 Å². The van der Waals surface area contributed by atoms with E-state index < -0.39 is 0 Å². The second-order valence-electron chi connectivity index (χ2n) is 6.79. The number of aryl methyl sites for hydroxylation is 1. The van der Waals surface area contributed by atoms with Crippen LogP contribution >= 0.6 is 0 Å². The van der Waals surface area contributed by atoms with E-state index in [0.29, 0.717) is 17.9 Å². The van der Waals surface area contributed by atoms with E-state index in [2.05, 4.69) is 10.2 Å². The van der Waals surface area contributed by atoms with E-state index in [1.54, 1.807) is 13.4 Å². The molecule has 0 bridgehead atoms. The lowest BCUT2D eigenvalue weighted by atomic mass is 9.96. The van der Waals surface area contributed by atoms with Crippen LogP contribution in [0.15, 0.2) is 42.7 Å². The molecule has 26 heavy (non-hydrogen) atoms. The van der Waals surface area contributed by atoms with Crippen molar-refractivity contribution in [3.05, 3.63) is 54.1 Å². The molecule has 6 heteroatoms. The predicted molar refractivity (Wildman–Crippen MR) is 99.4 cm³/mol. The Morgan fingerprint density at radius 3 is 2.69 bits per heavy atom. The molecule has 1 saturated heterocycles. The lowest BCUT2D eigenvalue weighted by Gasteiger charge is -2.32. The fourth-order valence-corrected chi connectivity index (χ4v) is 3.76. The topological polar surface area (TPSA) is 60.2 Å². The Kier molecular flexibility index (Phi) is 4.32. The number of carbonyl (C=O) groups excluding carboxylic acids is 1. The van der Waals surface area contributed by atoms with E-state index in [0.717, 1.165) is 36.0 Å². The number of amides is 1. The standard InChI is InChI=1S/C20H22N4O2/c1-23-13-21-22-19(23)16-8-5-9-24(12-16)20(25)17-10-14-6-3-4-7-15(14)11-18(17)26-2/h3-4,6-7,10-11,13,16H,5,8-9,12H2,1-2H3. The summed E-state index contributed by atoms with van der Waals surface area (Å²) in [5, 5.41) is 10.3. The van der Waals surface area contributed by atoms with Crippen molar-refractivity contribution < 1.29 is 9.53 Å². The number of likely N-dealkylation sites (tertiary alicyclic amines) is 1. The normalized spacial score (nSPS) is 17.5. The lowest BCUT2D eigenvalue weighted by Crippen LogP contribution is -2.39. The largest absolute Gasteiger partial charge is 0.496 e. The van der Waals surface area contributed by atoms with Crippen LogP contribution < -0.4 is 4.74 Å². The maximum atomic E-state index is 13.2. The summed E-state index contributed by atoms with van der Waals surface area (Å²) in [6.07, 6.45) is 3.69. The van der Waals surface area contributed by atoms with Crippen LogP contribution in [-0.2, 0) is 7.05 Å². The monoisotopic (exact) mass is 350 g/mol. The molecule has 1 unspecified atom stereocenters. The molecule has 1 atom stereocenters. The summed E-state index contributed by atoms with van der Waals surface area (Å²) in [6, 6.07) is 11.9. The van der Waals surface area contributed by atoms with Crippen LogP contribution in [-0.4, -0.2) is 45.8 Å². The van der Waals surface area contributed by atoms with Crippen LogP contribution in [0.2, 0.25) is 0 Å². The molecule has 1 aliphatic heterocycles. The summed E-state index contributed by atoms with van der Waals surface area (Å²) in [5.74, 6) is 1.79. The van der Waals surface area contributed by atoms with Gasteiger partial charge in [-0.3, -0.25) is 4.79 Å². The van der Waals surface area contributed by atoms with E-state index >= 15 is 0 Å². The number of piperidine rings is 1. The highest BCUT2D eigenvalue weighted by atomic mass is 16.5. The minimum Gasteiger partial charge on any atom is -0.496 e. The molecule has 1 amide bonds. The van der Waals surface area contributed by atoms with Crippen LogP contribution in [0.3, 0.4) is 0 Å². The highest BCUT2D eigenvalue weighted by Crippen LogP contribution is 2.30. The molecule has 1 aliphatic rings. The predicted octanol–water partition coefficient (Wildman–Crippen LogP) is 3.00. The molecule has 0 radical (unpaired) electrons. The third-order valence-electron chi connectivity index (χ3n) is 5.12. The van der Waals surface area contributed by atoms with Crippen LogP contribution in [0.25, 0.3) is 10.8 Å². The van der Waals surface area contributed by atoms with Gasteiger partial charge in [0.25, 0.3) is 5.91 Å². The Morgan fingerprint density at radius 2 is 2.00 bits per heavy atom. The Bertz CT molecular complexity index is 950. The molecule has 4 rings (SSSR count). The van der Waals surface area contributed by atoms with Gasteiger partial charge in [-0.1, -0.05) is 24.3 Å². The molecular formula is C20H22N4O2. The first-order valence-electron chi connectivity index (χ1n) is 8.87. The molecule has 1 fully saturated rings. The fourth-order valence-electron chi connectivity index (χ4n) is 3.76. The summed E-state index contributed by atoms with van der Waals surface area (Å²) in [5.41, 5.74) is 0.616. The van der Waals surface area contributed by atoms with Gasteiger partial charge < -0.3 is 14.2 Å². The third-order valence-corrected chi connectivity index (χ3v) is 5.12. The van der Waals surface area contributed by atoms with E-state index in [1.807, 2.05) is 52.9 Å². The summed E-state index contributed by atoms with van der Waals surface area (Å²) >= 11 is 0. The van der Waals surface area contributed by atoms with Crippen molar-refractivity contribution in [3.63, 3.8) is 0 Å². The van der Waals surface area contributed by atoms with Gasteiger partial charge in [-0.15, -0.1) is 10.2 Å². The number of nitrogens with zero attached hydrogens (tertiary/aromatic N) is 4. The van der Waals surface area contributed by atoms with Crippen LogP contribution in [0.5, 0.6) is 5.75 Å². The molecule has 0 saturated carbocycles. The number of rotatable bonds is 3. The van der Waals surface area contributed by atoms with Crippen molar-refractivity contribution in [1.29, 1.82) is 0 Å². The molecular weight excluding hydrogens is 328 g/mol. The summed E-state index contributed by atoms with van der Waals surface area (Å²) in [7, 11) is 3.56. The van der Waals surface area contributed by atoms with Gasteiger partial charge in [0.15, 0.2) is 0 Å². The smallest absolute Gasteiger partial charge is 0.257 e. The molecule has 0 N–H and O–H groups in total. The van der Waals surface area contributed by atoms with Gasteiger partial charge in [-0.05, 0) is 35.7 Å². The molecule has 134 valence electrons. The third kappa shape index (κ3) is 2.92. The zero-order valence-electron chi connectivity index (χ0n) is 15.1. The molecule has 6 nitrogen and oxygen atoms in total. The number of methoxy groups -OCH3 is 1. The molecule has 3 aromatic rings. The molecule has 2 aromatic carbocycles. The number of aromatic nitrogens is 3. The van der Waals surface area contributed by atoms with Crippen molar-refractivity contribution >= 4 is 16.7 Å². The Hall–Kier alpha value is -2.89. The van der Waals surface area contributed by atoms with Gasteiger partial charge in [-0.25, -0.2) is 0 Å². The van der Waals surface area contributed by atoms with Crippen molar-refractivity contribution in [2.75, 3.05) is 20.2 Å². The molecule has 1 aromatic heterocycles. The van der Waals surface area contributed by atoms with E-state index in [1.165, 1.54) is 0 Å². The van der Waals surface area contributed by atoms with Gasteiger partial charge in [0.05, 0.1) is 12.7 Å². The van der Waals surface area contributed by atoms with Crippen molar-refractivity contribution in [2.24, 2.45) is 7.05 Å². The van der Waals surface area contributed by atoms with Crippen LogP contribution in [0.4, 0.5) is 0 Å². The van der Waals surface area contributed by atoms with Gasteiger partial charge in [0.2, 0.25) is 0 Å². The quantitative estimate of drug-likeness (QED) is 0.729. The van der Waals surface area contributed by atoms with E-state index in [4.69, 9.17) is 4.74 Å². The fraction of sp³-hybridized carbons (Fsp3) is 0.350. The Morgan fingerprint density at radius 1 is 1.23 bits per heavy atom. The maximum Gasteiger partial charge on any atom is 0.257 e. The highest BCUT2D eigenvalue weighted by Gasteiger charge is 2.29. The Labute approximate surface area is 152 Å². The minimum absolute atomic E-state index is 0.0134. The zero-order chi connectivity index (χ0) is 18.1. The van der Waals surface area contributed by atoms with Gasteiger partial charge >= 0.3 is 0 Å². The highest BCUT2D eigenvalue weighted by molar-refractivity contribution is 6.01. The summed E-state index contributed by atoms with van der Waals surface area (Å²) in [6.45, 7) is 1.41. The lowest BCUT2D eigenvalue weighted by molar-refractivity contribution is 0.0700. The number of benzene rings is 2.